The van der Waals surface area contributed by atoms with Crippen LogP contribution in [0.15, 0.2) is 0 Å². The smallest absolute Gasteiger partial charge is 0.0911 e. The van der Waals surface area contributed by atoms with Gasteiger partial charge in [-0.1, -0.05) is 13.3 Å². The molecule has 1 unspecified atom stereocenters. The molecule has 2 rings (SSSR count). The number of piperidine rings is 1. The number of nitrogens with two attached hydrogens (primary N) is 1. The van der Waals surface area contributed by atoms with Crippen molar-refractivity contribution in [1.82, 2.24) is 4.90 Å². The molecular weight excluding hydrogens is 198 g/mol. The number of nitrogens with one attached hydrogen (secondary N) is 1. The van der Waals surface area contributed by atoms with E-state index >= 15 is 0 Å². The second kappa shape index (κ2) is 4.74. The van der Waals surface area contributed by atoms with Gasteiger partial charge in [0.1, 0.15) is 0 Å². The molecule has 0 aromatic rings. The molecule has 1 saturated carbocycles. The standard InChI is InChI=1S/C13H25N3/c1-2-11-5-3-4-8-16(11)10-13(6-7-13)9-12(14)15/h11H,2-10H2,1H3,(H3,14,15). The average Bonchev–Trinajstić information content (AvgIpc) is 2.97. The van der Waals surface area contributed by atoms with Crippen LogP contribution in [-0.4, -0.2) is 29.9 Å². The Bertz CT molecular complexity index is 258. The molecule has 0 amide bonds. The highest BCUT2D eigenvalue weighted by Crippen LogP contribution is 2.49. The molecule has 0 bridgehead atoms. The molecule has 2 aliphatic rings. The normalized spacial score (nSPS) is 28.9. The largest absolute Gasteiger partial charge is 0.388 e. The third-order valence-electron chi connectivity index (χ3n) is 4.28. The Labute approximate surface area is 98.9 Å². The van der Waals surface area contributed by atoms with Crippen molar-refractivity contribution < 1.29 is 0 Å². The molecular formula is C13H25N3. The molecule has 1 aliphatic carbocycles. The predicted molar refractivity (Wildman–Crippen MR) is 67.7 cm³/mol. The van der Waals surface area contributed by atoms with Gasteiger partial charge in [-0.25, -0.2) is 0 Å². The van der Waals surface area contributed by atoms with Crippen LogP contribution < -0.4 is 5.73 Å². The maximum atomic E-state index is 7.46. The fourth-order valence-electron chi connectivity index (χ4n) is 3.13. The molecule has 3 nitrogen and oxygen atoms in total. The van der Waals surface area contributed by atoms with Crippen molar-refractivity contribution in [2.24, 2.45) is 11.1 Å². The zero-order chi connectivity index (χ0) is 11.6. The summed E-state index contributed by atoms with van der Waals surface area (Å²) < 4.78 is 0. The van der Waals surface area contributed by atoms with Gasteiger partial charge >= 0.3 is 0 Å². The highest BCUT2D eigenvalue weighted by Gasteiger charge is 2.45. The fourth-order valence-corrected chi connectivity index (χ4v) is 3.13. The lowest BCUT2D eigenvalue weighted by atomic mass is 9.95. The van der Waals surface area contributed by atoms with Crippen LogP contribution in [0.3, 0.4) is 0 Å². The molecule has 16 heavy (non-hydrogen) atoms. The van der Waals surface area contributed by atoms with Gasteiger partial charge in [-0.15, -0.1) is 0 Å². The van der Waals surface area contributed by atoms with E-state index < -0.39 is 0 Å². The van der Waals surface area contributed by atoms with Crippen molar-refractivity contribution in [3.8, 4) is 0 Å². The monoisotopic (exact) mass is 223 g/mol. The molecule has 0 spiro atoms. The van der Waals surface area contributed by atoms with Gasteiger partial charge in [0.2, 0.25) is 0 Å². The summed E-state index contributed by atoms with van der Waals surface area (Å²) in [6.45, 7) is 4.75. The van der Waals surface area contributed by atoms with Gasteiger partial charge in [0.25, 0.3) is 0 Å². The molecule has 0 aromatic heterocycles. The van der Waals surface area contributed by atoms with Crippen LogP contribution in [0.2, 0.25) is 0 Å². The molecule has 1 saturated heterocycles. The van der Waals surface area contributed by atoms with E-state index in [1.165, 1.54) is 51.6 Å². The Kier molecular flexibility index (Phi) is 3.53. The van der Waals surface area contributed by atoms with Crippen molar-refractivity contribution in [2.75, 3.05) is 13.1 Å². The summed E-state index contributed by atoms with van der Waals surface area (Å²) >= 11 is 0. The molecule has 1 atom stereocenters. The molecule has 0 aromatic carbocycles. The minimum absolute atomic E-state index is 0.377. The molecule has 3 heteroatoms. The number of hydrogen-bond acceptors (Lipinski definition) is 2. The average molecular weight is 223 g/mol. The van der Waals surface area contributed by atoms with Crippen molar-refractivity contribution in [2.45, 2.75) is 57.9 Å². The fraction of sp³-hybridized carbons (Fsp3) is 0.923. The van der Waals surface area contributed by atoms with Gasteiger partial charge in [0.05, 0.1) is 5.84 Å². The van der Waals surface area contributed by atoms with E-state index in [1.54, 1.807) is 0 Å². The zero-order valence-corrected chi connectivity index (χ0v) is 10.5. The van der Waals surface area contributed by atoms with Gasteiger partial charge in [-0.3, -0.25) is 10.3 Å². The highest BCUT2D eigenvalue weighted by atomic mass is 15.2. The first-order valence-corrected chi connectivity index (χ1v) is 6.72. The predicted octanol–water partition coefficient (Wildman–Crippen LogP) is 2.36. The summed E-state index contributed by atoms with van der Waals surface area (Å²) in [5.74, 6) is 0.377. The quantitative estimate of drug-likeness (QED) is 0.555. The van der Waals surface area contributed by atoms with Gasteiger partial charge in [-0.2, -0.15) is 0 Å². The first kappa shape index (κ1) is 11.9. The molecule has 3 N–H and O–H groups in total. The Morgan fingerprint density at radius 2 is 2.19 bits per heavy atom. The lowest BCUT2D eigenvalue weighted by molar-refractivity contribution is 0.116. The minimum Gasteiger partial charge on any atom is -0.388 e. The number of hydrogen-bond donors (Lipinski definition) is 2. The summed E-state index contributed by atoms with van der Waals surface area (Å²) in [6, 6.07) is 0.790. The van der Waals surface area contributed by atoms with Crippen LogP contribution in [0.5, 0.6) is 0 Å². The molecule has 92 valence electrons. The van der Waals surface area contributed by atoms with E-state index in [9.17, 15) is 0 Å². The Morgan fingerprint density at radius 1 is 1.44 bits per heavy atom. The maximum absolute atomic E-state index is 7.46. The number of rotatable bonds is 5. The first-order valence-electron chi connectivity index (χ1n) is 6.72. The lowest BCUT2D eigenvalue weighted by Crippen LogP contribution is -2.43. The van der Waals surface area contributed by atoms with E-state index in [0.29, 0.717) is 11.3 Å². The van der Waals surface area contributed by atoms with Crippen LogP contribution in [0.4, 0.5) is 0 Å². The maximum Gasteiger partial charge on any atom is 0.0911 e. The molecule has 1 heterocycles. The van der Waals surface area contributed by atoms with Crippen molar-refractivity contribution in [3.05, 3.63) is 0 Å². The van der Waals surface area contributed by atoms with Crippen molar-refractivity contribution in [3.63, 3.8) is 0 Å². The van der Waals surface area contributed by atoms with Crippen LogP contribution in [0.1, 0.15) is 51.9 Å². The second-order valence-electron chi connectivity index (χ2n) is 5.73. The Morgan fingerprint density at radius 3 is 2.75 bits per heavy atom. The van der Waals surface area contributed by atoms with Gasteiger partial charge in [0, 0.05) is 19.0 Å². The summed E-state index contributed by atoms with van der Waals surface area (Å²) in [6.07, 6.45) is 8.77. The number of amidine groups is 1. The van der Waals surface area contributed by atoms with Gasteiger partial charge in [0.15, 0.2) is 0 Å². The third-order valence-corrected chi connectivity index (χ3v) is 4.28. The molecule has 0 radical (unpaired) electrons. The Hall–Kier alpha value is -0.570. The van der Waals surface area contributed by atoms with E-state index in [-0.39, 0.29) is 0 Å². The minimum atomic E-state index is 0.377. The van der Waals surface area contributed by atoms with Crippen molar-refractivity contribution in [1.29, 1.82) is 5.41 Å². The van der Waals surface area contributed by atoms with Gasteiger partial charge < -0.3 is 5.73 Å². The van der Waals surface area contributed by atoms with E-state index in [0.717, 1.165) is 12.5 Å². The highest BCUT2D eigenvalue weighted by molar-refractivity contribution is 5.78. The van der Waals surface area contributed by atoms with Crippen LogP contribution in [0, 0.1) is 10.8 Å². The zero-order valence-electron chi connectivity index (χ0n) is 10.5. The SMILES string of the molecule is CCC1CCCCN1CC1(CC(=N)N)CC1. The number of nitrogens with zero attached hydrogens (tertiary/aromatic N) is 1. The summed E-state index contributed by atoms with van der Waals surface area (Å²) in [7, 11) is 0. The second-order valence-corrected chi connectivity index (χ2v) is 5.73. The van der Waals surface area contributed by atoms with E-state index in [2.05, 4.69) is 11.8 Å². The lowest BCUT2D eigenvalue weighted by Gasteiger charge is -2.37. The Balaban J connectivity index is 1.89. The van der Waals surface area contributed by atoms with Crippen molar-refractivity contribution >= 4 is 5.84 Å². The molecule has 1 aliphatic heterocycles. The first-order chi connectivity index (χ1) is 7.65. The van der Waals surface area contributed by atoms with Crippen LogP contribution >= 0.6 is 0 Å². The summed E-state index contributed by atoms with van der Waals surface area (Å²) in [4.78, 5) is 2.67. The third kappa shape index (κ3) is 2.76. The number of likely N-dealkylation sites (tertiary alicyclic amines) is 1. The summed E-state index contributed by atoms with van der Waals surface area (Å²) in [5.41, 5.74) is 5.94. The van der Waals surface area contributed by atoms with E-state index in [1.807, 2.05) is 0 Å². The van der Waals surface area contributed by atoms with Gasteiger partial charge in [-0.05, 0) is 44.1 Å². The molecule has 2 fully saturated rings. The van der Waals surface area contributed by atoms with Crippen LogP contribution in [0.25, 0.3) is 0 Å². The van der Waals surface area contributed by atoms with Crippen LogP contribution in [-0.2, 0) is 0 Å². The topological polar surface area (TPSA) is 53.1 Å². The van der Waals surface area contributed by atoms with E-state index in [4.69, 9.17) is 11.1 Å². The summed E-state index contributed by atoms with van der Waals surface area (Å²) in [5, 5.41) is 7.46.